The summed E-state index contributed by atoms with van der Waals surface area (Å²) in [5.74, 6) is 0.978. The minimum absolute atomic E-state index is 0.978. The van der Waals surface area contributed by atoms with Gasteiger partial charge in [0.15, 0.2) is 0 Å². The molecule has 0 heterocycles. The first kappa shape index (κ1) is 17.5. The van der Waals surface area contributed by atoms with Gasteiger partial charge in [-0.3, -0.25) is 0 Å². The maximum atomic E-state index is 6.48. The van der Waals surface area contributed by atoms with E-state index in [2.05, 4.69) is 76.0 Å². The first-order valence-electron chi connectivity index (χ1n) is 8.47. The number of unbranched alkanes of at least 4 members (excludes halogenated alkanes) is 1. The number of aryl methyl sites for hydroxylation is 1. The lowest BCUT2D eigenvalue weighted by atomic mass is 9.98. The number of rotatable bonds is 7. The molecular formula is C21H28OSi. The molecule has 0 saturated heterocycles. The summed E-state index contributed by atoms with van der Waals surface area (Å²) in [7, 11) is -1.69. The lowest BCUT2D eigenvalue weighted by molar-refractivity contribution is 0.540. The van der Waals surface area contributed by atoms with Crippen molar-refractivity contribution < 1.29 is 4.43 Å². The summed E-state index contributed by atoms with van der Waals surface area (Å²) in [5.41, 5.74) is 4.55. The van der Waals surface area contributed by atoms with E-state index in [0.717, 1.165) is 22.4 Å². The maximum Gasteiger partial charge on any atom is 0.245 e. The van der Waals surface area contributed by atoms with E-state index in [4.69, 9.17) is 4.43 Å². The van der Waals surface area contributed by atoms with Crippen molar-refractivity contribution in [2.45, 2.75) is 45.8 Å². The van der Waals surface area contributed by atoms with E-state index in [9.17, 15) is 0 Å². The molecule has 0 aromatic heterocycles. The normalized spacial score (nSPS) is 11.3. The van der Waals surface area contributed by atoms with Gasteiger partial charge in [0.1, 0.15) is 5.75 Å². The van der Waals surface area contributed by atoms with E-state index in [1.54, 1.807) is 0 Å². The molecule has 0 aliphatic carbocycles. The summed E-state index contributed by atoms with van der Waals surface area (Å²) in [6.45, 7) is 13.2. The molecule has 2 heteroatoms. The van der Waals surface area contributed by atoms with E-state index in [1.807, 2.05) is 6.07 Å². The van der Waals surface area contributed by atoms with Gasteiger partial charge in [-0.1, -0.05) is 74.4 Å². The second-order valence-corrected chi connectivity index (χ2v) is 11.0. The van der Waals surface area contributed by atoms with Crippen LogP contribution in [0.4, 0.5) is 0 Å². The van der Waals surface area contributed by atoms with Crippen molar-refractivity contribution in [3.05, 3.63) is 71.8 Å². The number of benzene rings is 2. The Balaban J connectivity index is 2.26. The minimum atomic E-state index is -1.69. The lowest BCUT2D eigenvalue weighted by Crippen LogP contribution is -2.34. The molecule has 0 bridgehead atoms. The molecule has 0 atom stereocenters. The molecule has 0 N–H and O–H groups in total. The maximum absolute atomic E-state index is 6.48. The topological polar surface area (TPSA) is 9.23 Å². The fourth-order valence-electron chi connectivity index (χ4n) is 2.67. The molecule has 1 nitrogen and oxygen atoms in total. The van der Waals surface area contributed by atoms with E-state index < -0.39 is 8.32 Å². The van der Waals surface area contributed by atoms with Crippen molar-refractivity contribution in [1.29, 1.82) is 0 Å². The second-order valence-electron chi connectivity index (χ2n) is 6.81. The highest BCUT2D eigenvalue weighted by atomic mass is 28.4. The molecule has 0 aliphatic rings. The van der Waals surface area contributed by atoms with Gasteiger partial charge in [0, 0.05) is 5.56 Å². The molecule has 0 radical (unpaired) electrons. The standard InChI is InChI=1S/C21H28OSi/c1-6-7-16-23(4,5)22-21-11-9-8-10-20(21)18(3)19-14-12-17(2)13-15-19/h8-15H,3,6-7,16H2,1-2,4-5H3. The zero-order valence-electron chi connectivity index (χ0n) is 14.9. The Labute approximate surface area is 142 Å². The molecule has 2 aromatic rings. The van der Waals surface area contributed by atoms with Crippen LogP contribution in [0.25, 0.3) is 5.57 Å². The van der Waals surface area contributed by atoms with Crippen molar-refractivity contribution in [2.24, 2.45) is 0 Å². The molecule has 122 valence electrons. The summed E-state index contributed by atoms with van der Waals surface area (Å²) < 4.78 is 6.48. The highest BCUT2D eigenvalue weighted by Gasteiger charge is 2.25. The van der Waals surface area contributed by atoms with Crippen LogP contribution in [0, 0.1) is 6.92 Å². The Hall–Kier alpha value is -1.80. The third kappa shape index (κ3) is 4.83. The van der Waals surface area contributed by atoms with Crippen LogP contribution in [0.15, 0.2) is 55.1 Å². The predicted octanol–water partition coefficient (Wildman–Crippen LogP) is 6.44. The van der Waals surface area contributed by atoms with Crippen LogP contribution in [0.5, 0.6) is 5.75 Å². The van der Waals surface area contributed by atoms with Crippen LogP contribution < -0.4 is 4.43 Å². The predicted molar refractivity (Wildman–Crippen MR) is 104 cm³/mol. The lowest BCUT2D eigenvalue weighted by Gasteiger charge is -2.26. The van der Waals surface area contributed by atoms with Crippen molar-refractivity contribution >= 4 is 13.9 Å². The monoisotopic (exact) mass is 324 g/mol. The van der Waals surface area contributed by atoms with Gasteiger partial charge in [-0.25, -0.2) is 0 Å². The third-order valence-electron chi connectivity index (χ3n) is 4.13. The first-order valence-corrected chi connectivity index (χ1v) is 11.6. The van der Waals surface area contributed by atoms with Crippen molar-refractivity contribution in [1.82, 2.24) is 0 Å². The fraction of sp³-hybridized carbons (Fsp3) is 0.333. The summed E-state index contributed by atoms with van der Waals surface area (Å²) >= 11 is 0. The largest absolute Gasteiger partial charge is 0.544 e. The summed E-state index contributed by atoms with van der Waals surface area (Å²) in [4.78, 5) is 0. The highest BCUT2D eigenvalue weighted by molar-refractivity contribution is 6.71. The molecule has 23 heavy (non-hydrogen) atoms. The Morgan fingerprint density at radius 2 is 1.70 bits per heavy atom. The highest BCUT2D eigenvalue weighted by Crippen LogP contribution is 2.32. The van der Waals surface area contributed by atoms with E-state index in [1.165, 1.54) is 24.4 Å². The molecule has 0 saturated carbocycles. The Bertz CT molecular complexity index is 656. The van der Waals surface area contributed by atoms with Crippen LogP contribution in [-0.2, 0) is 0 Å². The van der Waals surface area contributed by atoms with Crippen LogP contribution in [0.1, 0.15) is 36.5 Å². The van der Waals surface area contributed by atoms with Gasteiger partial charge in [-0.2, -0.15) is 0 Å². The van der Waals surface area contributed by atoms with Crippen molar-refractivity contribution in [3.63, 3.8) is 0 Å². The number of hydrogen-bond acceptors (Lipinski definition) is 1. The van der Waals surface area contributed by atoms with Gasteiger partial charge in [0.25, 0.3) is 0 Å². The Morgan fingerprint density at radius 3 is 2.35 bits per heavy atom. The summed E-state index contributed by atoms with van der Waals surface area (Å²) in [6.07, 6.45) is 2.46. The summed E-state index contributed by atoms with van der Waals surface area (Å²) in [5, 5.41) is 0. The fourth-order valence-corrected chi connectivity index (χ4v) is 4.75. The van der Waals surface area contributed by atoms with Crippen LogP contribution >= 0.6 is 0 Å². The van der Waals surface area contributed by atoms with Gasteiger partial charge in [-0.05, 0) is 43.3 Å². The van der Waals surface area contributed by atoms with Crippen LogP contribution in [-0.4, -0.2) is 8.32 Å². The molecule has 0 aliphatic heterocycles. The minimum Gasteiger partial charge on any atom is -0.544 e. The molecule has 0 fully saturated rings. The van der Waals surface area contributed by atoms with Crippen molar-refractivity contribution in [2.75, 3.05) is 0 Å². The second kappa shape index (κ2) is 7.65. The Kier molecular flexibility index (Phi) is 5.84. The summed E-state index contributed by atoms with van der Waals surface area (Å²) in [6, 6.07) is 18.0. The third-order valence-corrected chi connectivity index (χ3v) is 6.46. The Morgan fingerprint density at radius 1 is 1.04 bits per heavy atom. The van der Waals surface area contributed by atoms with Gasteiger partial charge in [-0.15, -0.1) is 0 Å². The van der Waals surface area contributed by atoms with E-state index >= 15 is 0 Å². The molecular weight excluding hydrogens is 296 g/mol. The first-order chi connectivity index (χ1) is 10.9. The average Bonchev–Trinajstić information content (AvgIpc) is 2.53. The smallest absolute Gasteiger partial charge is 0.245 e. The zero-order chi connectivity index (χ0) is 16.9. The van der Waals surface area contributed by atoms with Gasteiger partial charge in [0.05, 0.1) is 0 Å². The average molecular weight is 325 g/mol. The number of para-hydroxylation sites is 1. The molecule has 2 aromatic carbocycles. The van der Waals surface area contributed by atoms with Gasteiger partial charge in [0.2, 0.25) is 8.32 Å². The molecule has 0 spiro atoms. The molecule has 2 rings (SSSR count). The van der Waals surface area contributed by atoms with Crippen LogP contribution in [0.3, 0.4) is 0 Å². The van der Waals surface area contributed by atoms with Gasteiger partial charge < -0.3 is 4.43 Å². The SMILES string of the molecule is C=C(c1ccc(C)cc1)c1ccccc1O[Si](C)(C)CCCC. The van der Waals surface area contributed by atoms with Crippen molar-refractivity contribution in [3.8, 4) is 5.75 Å². The zero-order valence-corrected chi connectivity index (χ0v) is 15.9. The number of hydrogen-bond donors (Lipinski definition) is 0. The van der Waals surface area contributed by atoms with Gasteiger partial charge >= 0.3 is 0 Å². The molecule has 0 unspecified atom stereocenters. The van der Waals surface area contributed by atoms with E-state index in [-0.39, 0.29) is 0 Å². The van der Waals surface area contributed by atoms with E-state index in [0.29, 0.717) is 0 Å². The molecule has 0 amide bonds. The quantitative estimate of drug-likeness (QED) is 0.532. The van der Waals surface area contributed by atoms with Crippen LogP contribution in [0.2, 0.25) is 19.1 Å².